The van der Waals surface area contributed by atoms with Crippen LogP contribution in [0.4, 0.5) is 0 Å². The normalized spacial score (nSPS) is 17.1. The minimum absolute atomic E-state index is 0.215. The summed E-state index contributed by atoms with van der Waals surface area (Å²) in [6, 6.07) is 7.21. The minimum Gasteiger partial charge on any atom is -0.423 e. The summed E-state index contributed by atoms with van der Waals surface area (Å²) in [6.07, 6.45) is 2.03. The van der Waals surface area contributed by atoms with Crippen LogP contribution in [0.1, 0.15) is 18.4 Å². The zero-order valence-electron chi connectivity index (χ0n) is 9.71. The van der Waals surface area contributed by atoms with Gasteiger partial charge in [0.15, 0.2) is 0 Å². The van der Waals surface area contributed by atoms with Crippen molar-refractivity contribution in [2.75, 3.05) is 13.2 Å². The van der Waals surface area contributed by atoms with Crippen molar-refractivity contribution in [3.05, 3.63) is 29.8 Å². The van der Waals surface area contributed by atoms with Gasteiger partial charge in [0.05, 0.1) is 12.7 Å². The molecule has 0 amide bonds. The lowest BCUT2D eigenvalue weighted by molar-refractivity contribution is -0.0389. The predicted molar refractivity (Wildman–Crippen MR) is 64.9 cm³/mol. The third kappa shape index (κ3) is 3.54. The van der Waals surface area contributed by atoms with Crippen molar-refractivity contribution in [1.29, 1.82) is 0 Å². The van der Waals surface area contributed by atoms with Crippen LogP contribution in [-0.2, 0) is 16.1 Å². The molecule has 5 heteroatoms. The Balaban J connectivity index is 1.93. The van der Waals surface area contributed by atoms with Crippen molar-refractivity contribution in [2.24, 2.45) is 0 Å². The van der Waals surface area contributed by atoms with Gasteiger partial charge in [0.25, 0.3) is 0 Å². The zero-order valence-corrected chi connectivity index (χ0v) is 9.71. The van der Waals surface area contributed by atoms with Crippen LogP contribution < -0.4 is 5.46 Å². The molecule has 4 nitrogen and oxygen atoms in total. The van der Waals surface area contributed by atoms with Crippen LogP contribution in [0.5, 0.6) is 0 Å². The quantitative estimate of drug-likeness (QED) is 0.726. The van der Waals surface area contributed by atoms with Gasteiger partial charge in [-0.05, 0) is 23.9 Å². The van der Waals surface area contributed by atoms with Crippen molar-refractivity contribution in [3.63, 3.8) is 0 Å². The van der Waals surface area contributed by atoms with Crippen molar-refractivity contribution in [3.8, 4) is 0 Å². The highest BCUT2D eigenvalue weighted by atomic mass is 16.5. The average Bonchev–Trinajstić information content (AvgIpc) is 2.38. The topological polar surface area (TPSA) is 58.9 Å². The highest BCUT2D eigenvalue weighted by molar-refractivity contribution is 6.59. The van der Waals surface area contributed by atoms with Gasteiger partial charge in [0.1, 0.15) is 0 Å². The first-order valence-electron chi connectivity index (χ1n) is 5.90. The first-order chi connectivity index (χ1) is 8.27. The minimum atomic E-state index is -1.44. The molecule has 0 atom stereocenters. The molecule has 0 bridgehead atoms. The number of ether oxygens (including phenoxy) is 2. The van der Waals surface area contributed by atoms with Gasteiger partial charge in [-0.3, -0.25) is 0 Å². The maximum atomic E-state index is 9.22. The molecule has 1 fully saturated rings. The molecular weight excluding hydrogens is 219 g/mol. The molecule has 1 aromatic rings. The number of benzene rings is 1. The molecule has 2 rings (SSSR count). The molecule has 0 unspecified atom stereocenters. The molecule has 1 aliphatic rings. The molecule has 0 saturated carbocycles. The fraction of sp³-hybridized carbons (Fsp3) is 0.500. The maximum Gasteiger partial charge on any atom is 0.488 e. The Morgan fingerprint density at radius 2 is 1.94 bits per heavy atom. The largest absolute Gasteiger partial charge is 0.488 e. The third-order valence-electron chi connectivity index (χ3n) is 2.98. The molecule has 1 aromatic carbocycles. The van der Waals surface area contributed by atoms with Gasteiger partial charge in [-0.1, -0.05) is 24.3 Å². The van der Waals surface area contributed by atoms with Gasteiger partial charge >= 0.3 is 7.12 Å². The first kappa shape index (κ1) is 12.6. The molecular formula is C12H17BO4. The van der Waals surface area contributed by atoms with E-state index in [1.165, 1.54) is 0 Å². The summed E-state index contributed by atoms with van der Waals surface area (Å²) >= 11 is 0. The van der Waals surface area contributed by atoms with Crippen LogP contribution >= 0.6 is 0 Å². The summed E-state index contributed by atoms with van der Waals surface area (Å²) in [5.41, 5.74) is 1.34. The van der Waals surface area contributed by atoms with E-state index >= 15 is 0 Å². The second-order valence-electron chi connectivity index (χ2n) is 4.20. The highest BCUT2D eigenvalue weighted by Gasteiger charge is 2.18. The molecule has 0 radical (unpaired) electrons. The van der Waals surface area contributed by atoms with Crippen LogP contribution in [0.15, 0.2) is 24.3 Å². The van der Waals surface area contributed by atoms with E-state index in [0.29, 0.717) is 12.1 Å². The van der Waals surface area contributed by atoms with Gasteiger partial charge in [0.2, 0.25) is 0 Å². The van der Waals surface area contributed by atoms with Crippen molar-refractivity contribution >= 4 is 12.6 Å². The Bertz CT molecular complexity index is 350. The fourth-order valence-corrected chi connectivity index (χ4v) is 1.97. The zero-order chi connectivity index (χ0) is 12.1. The van der Waals surface area contributed by atoms with Crippen molar-refractivity contribution < 1.29 is 19.5 Å². The molecule has 1 aliphatic heterocycles. The molecule has 2 N–H and O–H groups in total. The van der Waals surface area contributed by atoms with E-state index in [0.717, 1.165) is 31.6 Å². The molecule has 1 heterocycles. The monoisotopic (exact) mass is 236 g/mol. The van der Waals surface area contributed by atoms with Gasteiger partial charge in [0, 0.05) is 13.2 Å². The van der Waals surface area contributed by atoms with Crippen LogP contribution in [-0.4, -0.2) is 36.5 Å². The Hall–Kier alpha value is -0.875. The van der Waals surface area contributed by atoms with E-state index in [-0.39, 0.29) is 6.10 Å². The lowest BCUT2D eigenvalue weighted by Gasteiger charge is -2.23. The maximum absolute atomic E-state index is 9.22. The van der Waals surface area contributed by atoms with E-state index in [2.05, 4.69) is 0 Å². The Morgan fingerprint density at radius 1 is 1.24 bits per heavy atom. The first-order valence-corrected chi connectivity index (χ1v) is 5.90. The summed E-state index contributed by atoms with van der Waals surface area (Å²) in [7, 11) is -1.44. The van der Waals surface area contributed by atoms with Crippen LogP contribution in [0.25, 0.3) is 0 Å². The molecule has 0 aliphatic carbocycles. The fourth-order valence-electron chi connectivity index (χ4n) is 1.97. The molecule has 92 valence electrons. The van der Waals surface area contributed by atoms with E-state index in [4.69, 9.17) is 9.47 Å². The molecule has 0 aromatic heterocycles. The standard InChI is InChI=1S/C12H17BO4/c14-13(15)12-4-2-1-3-10(12)9-17-11-5-7-16-8-6-11/h1-4,11,14-15H,5-9H2. The van der Waals surface area contributed by atoms with Gasteiger partial charge in [-0.2, -0.15) is 0 Å². The highest BCUT2D eigenvalue weighted by Crippen LogP contribution is 2.12. The van der Waals surface area contributed by atoms with Crippen LogP contribution in [0, 0.1) is 0 Å². The Kier molecular flexibility index (Phi) is 4.56. The number of hydrogen-bond donors (Lipinski definition) is 2. The second-order valence-corrected chi connectivity index (χ2v) is 4.20. The second kappa shape index (κ2) is 6.16. The Morgan fingerprint density at radius 3 is 2.65 bits per heavy atom. The van der Waals surface area contributed by atoms with Gasteiger partial charge in [-0.25, -0.2) is 0 Å². The van der Waals surface area contributed by atoms with Gasteiger partial charge in [-0.15, -0.1) is 0 Å². The predicted octanol–water partition coefficient (Wildman–Crippen LogP) is 0.0620. The summed E-state index contributed by atoms with van der Waals surface area (Å²) in [6.45, 7) is 1.91. The van der Waals surface area contributed by atoms with Crippen LogP contribution in [0.3, 0.4) is 0 Å². The van der Waals surface area contributed by atoms with Crippen molar-refractivity contribution in [2.45, 2.75) is 25.6 Å². The lowest BCUT2D eigenvalue weighted by Crippen LogP contribution is -2.33. The summed E-state index contributed by atoms with van der Waals surface area (Å²) in [5, 5.41) is 18.4. The summed E-state index contributed by atoms with van der Waals surface area (Å²) in [5.74, 6) is 0. The number of rotatable bonds is 4. The molecule has 1 saturated heterocycles. The van der Waals surface area contributed by atoms with E-state index in [1.54, 1.807) is 12.1 Å². The van der Waals surface area contributed by atoms with Crippen LogP contribution in [0.2, 0.25) is 0 Å². The molecule has 0 spiro atoms. The van der Waals surface area contributed by atoms with E-state index in [1.807, 2.05) is 12.1 Å². The third-order valence-corrected chi connectivity index (χ3v) is 2.98. The Labute approximate surface area is 101 Å². The number of hydrogen-bond acceptors (Lipinski definition) is 4. The lowest BCUT2D eigenvalue weighted by atomic mass is 9.77. The SMILES string of the molecule is OB(O)c1ccccc1COC1CCOCC1. The van der Waals surface area contributed by atoms with Gasteiger partial charge < -0.3 is 19.5 Å². The summed E-state index contributed by atoms with van der Waals surface area (Å²) in [4.78, 5) is 0. The smallest absolute Gasteiger partial charge is 0.423 e. The molecule has 17 heavy (non-hydrogen) atoms. The van der Waals surface area contributed by atoms with E-state index in [9.17, 15) is 10.0 Å². The summed E-state index contributed by atoms with van der Waals surface area (Å²) < 4.78 is 11.0. The van der Waals surface area contributed by atoms with Crippen molar-refractivity contribution in [1.82, 2.24) is 0 Å². The average molecular weight is 236 g/mol. The van der Waals surface area contributed by atoms with E-state index < -0.39 is 7.12 Å².